The number of hydrogen-bond donors (Lipinski definition) is 1. The molecule has 0 fully saturated rings. The first-order chi connectivity index (χ1) is 14.3. The van der Waals surface area contributed by atoms with E-state index in [9.17, 15) is 0 Å². The Hall–Kier alpha value is -2.10. The van der Waals surface area contributed by atoms with Gasteiger partial charge in [0.1, 0.15) is 0 Å². The van der Waals surface area contributed by atoms with E-state index in [4.69, 9.17) is 0 Å². The van der Waals surface area contributed by atoms with Crippen LogP contribution in [-0.2, 0) is 0 Å². The van der Waals surface area contributed by atoms with Crippen molar-refractivity contribution in [2.75, 3.05) is 11.9 Å². The van der Waals surface area contributed by atoms with Crippen LogP contribution in [0.3, 0.4) is 0 Å². The highest BCUT2D eigenvalue weighted by molar-refractivity contribution is 7.23. The van der Waals surface area contributed by atoms with E-state index in [1.165, 1.54) is 85.2 Å². The third-order valence-corrected chi connectivity index (χ3v) is 8.03. The number of anilines is 1. The van der Waals surface area contributed by atoms with E-state index < -0.39 is 0 Å². The zero-order chi connectivity index (χ0) is 19.6. The van der Waals surface area contributed by atoms with Gasteiger partial charge in [0, 0.05) is 26.7 Å². The van der Waals surface area contributed by atoms with Gasteiger partial charge in [-0.1, -0.05) is 75.4 Å². The van der Waals surface area contributed by atoms with Gasteiger partial charge in [-0.25, -0.2) is 0 Å². The zero-order valence-electron chi connectivity index (χ0n) is 17.0. The van der Waals surface area contributed by atoms with Gasteiger partial charge in [-0.15, -0.1) is 22.7 Å². The van der Waals surface area contributed by atoms with Crippen LogP contribution in [0, 0.1) is 0 Å². The minimum Gasteiger partial charge on any atom is -0.377 e. The molecule has 0 aliphatic carbocycles. The minimum atomic E-state index is 1.08. The third-order valence-electron chi connectivity index (χ3n) is 5.92. The van der Waals surface area contributed by atoms with Gasteiger partial charge in [0.2, 0.25) is 0 Å². The van der Waals surface area contributed by atoms with Gasteiger partial charge in [-0.2, -0.15) is 0 Å². The monoisotopic (exact) mass is 417 g/mol. The fourth-order valence-electron chi connectivity index (χ4n) is 4.35. The van der Waals surface area contributed by atoms with Crippen LogP contribution in [-0.4, -0.2) is 6.54 Å². The largest absolute Gasteiger partial charge is 0.377 e. The topological polar surface area (TPSA) is 12.0 Å². The van der Waals surface area contributed by atoms with Gasteiger partial charge in [-0.3, -0.25) is 0 Å². The Morgan fingerprint density at radius 2 is 1.38 bits per heavy atom. The smallest absolute Gasteiger partial charge is 0.0895 e. The van der Waals surface area contributed by atoms with Crippen molar-refractivity contribution in [2.24, 2.45) is 0 Å². The molecule has 3 heteroatoms. The standard InChI is InChI=1S/C26H27NS2/c1-2-3-4-5-6-7-15-27-24-17-19-9-11-21-20-10-8-18-14-16-28-25(18)22(20)12-13-23(21)26(19)29-24/h8-14,16-17,27H,2-7,15H2,1H3. The maximum atomic E-state index is 3.67. The summed E-state index contributed by atoms with van der Waals surface area (Å²) in [6, 6.07) is 18.3. The minimum absolute atomic E-state index is 1.08. The number of hydrogen-bond acceptors (Lipinski definition) is 3. The maximum Gasteiger partial charge on any atom is 0.0895 e. The summed E-state index contributed by atoms with van der Waals surface area (Å²) in [5, 5.41) is 15.4. The van der Waals surface area contributed by atoms with Gasteiger partial charge < -0.3 is 5.32 Å². The molecule has 1 N–H and O–H groups in total. The van der Waals surface area contributed by atoms with Crippen molar-refractivity contribution in [3.8, 4) is 0 Å². The van der Waals surface area contributed by atoms with Crippen LogP contribution in [0.1, 0.15) is 45.4 Å². The van der Waals surface area contributed by atoms with Crippen molar-refractivity contribution in [1.82, 2.24) is 0 Å². The van der Waals surface area contributed by atoms with Crippen LogP contribution in [0.15, 0.2) is 53.9 Å². The van der Waals surface area contributed by atoms with Crippen molar-refractivity contribution in [1.29, 1.82) is 0 Å². The predicted octanol–water partition coefficient (Wildman–Crippen LogP) is 9.19. The lowest BCUT2D eigenvalue weighted by Gasteiger charge is -2.06. The normalized spacial score (nSPS) is 11.9. The van der Waals surface area contributed by atoms with Crippen LogP contribution >= 0.6 is 22.7 Å². The van der Waals surface area contributed by atoms with Gasteiger partial charge in [-0.05, 0) is 45.5 Å². The Bertz CT molecular complexity index is 1280. The second-order valence-corrected chi connectivity index (χ2v) is 9.92. The highest BCUT2D eigenvalue weighted by atomic mass is 32.1. The molecule has 3 aromatic carbocycles. The average Bonchev–Trinajstić information content (AvgIpc) is 3.39. The summed E-state index contributed by atoms with van der Waals surface area (Å²) in [6.07, 6.45) is 8.06. The Kier molecular flexibility index (Phi) is 5.43. The van der Waals surface area contributed by atoms with E-state index in [0.29, 0.717) is 0 Å². The lowest BCUT2D eigenvalue weighted by Crippen LogP contribution is -1.99. The van der Waals surface area contributed by atoms with E-state index in [1.54, 1.807) is 0 Å². The molecular formula is C26H27NS2. The number of fused-ring (bicyclic) bond motifs is 7. The molecule has 0 radical (unpaired) electrons. The molecular weight excluding hydrogens is 390 g/mol. The molecule has 0 aliphatic rings. The Morgan fingerprint density at radius 1 is 0.690 bits per heavy atom. The first kappa shape index (κ1) is 18.9. The van der Waals surface area contributed by atoms with E-state index in [1.807, 2.05) is 22.7 Å². The number of benzene rings is 3. The second-order valence-electron chi connectivity index (χ2n) is 7.95. The molecule has 0 unspecified atom stereocenters. The second kappa shape index (κ2) is 8.33. The van der Waals surface area contributed by atoms with Crippen LogP contribution in [0.25, 0.3) is 41.7 Å². The van der Waals surface area contributed by atoms with E-state index in [-0.39, 0.29) is 0 Å². The first-order valence-corrected chi connectivity index (χ1v) is 12.5. The van der Waals surface area contributed by atoms with Crippen molar-refractivity contribution in [2.45, 2.75) is 45.4 Å². The Labute approximate surface area is 180 Å². The first-order valence-electron chi connectivity index (χ1n) is 10.8. The molecule has 5 rings (SSSR count). The lowest BCUT2D eigenvalue weighted by atomic mass is 10.00. The molecule has 5 aromatic rings. The summed E-state index contributed by atoms with van der Waals surface area (Å²) in [5.74, 6) is 0. The molecule has 0 spiro atoms. The number of unbranched alkanes of at least 4 members (excludes halogenated alkanes) is 5. The quantitative estimate of drug-likeness (QED) is 0.196. The number of thiophene rings is 2. The molecule has 148 valence electrons. The summed E-state index contributed by atoms with van der Waals surface area (Å²) in [6.45, 7) is 3.36. The summed E-state index contributed by atoms with van der Waals surface area (Å²) in [5.41, 5.74) is 0. The van der Waals surface area contributed by atoms with Crippen LogP contribution in [0.5, 0.6) is 0 Å². The van der Waals surface area contributed by atoms with Crippen LogP contribution in [0.4, 0.5) is 5.00 Å². The van der Waals surface area contributed by atoms with Gasteiger partial charge in [0.25, 0.3) is 0 Å². The summed E-state index contributed by atoms with van der Waals surface area (Å²) >= 11 is 3.75. The SMILES string of the molecule is CCCCCCCCNc1cc2ccc3c4ccc5ccsc5c4ccc3c2s1. The molecule has 0 saturated carbocycles. The molecule has 0 aliphatic heterocycles. The van der Waals surface area contributed by atoms with Crippen molar-refractivity contribution < 1.29 is 0 Å². The third kappa shape index (κ3) is 3.62. The van der Waals surface area contributed by atoms with E-state index in [2.05, 4.69) is 66.2 Å². The fourth-order valence-corrected chi connectivity index (χ4v) is 6.39. The van der Waals surface area contributed by atoms with Crippen molar-refractivity contribution in [3.63, 3.8) is 0 Å². The molecule has 2 aromatic heterocycles. The number of nitrogens with one attached hydrogen (secondary N) is 1. The van der Waals surface area contributed by atoms with Gasteiger partial charge in [0.15, 0.2) is 0 Å². The molecule has 0 atom stereocenters. The molecule has 0 bridgehead atoms. The zero-order valence-corrected chi connectivity index (χ0v) is 18.6. The van der Waals surface area contributed by atoms with E-state index >= 15 is 0 Å². The maximum absolute atomic E-state index is 3.67. The van der Waals surface area contributed by atoms with Crippen LogP contribution < -0.4 is 5.32 Å². The summed E-state index contributed by atoms with van der Waals surface area (Å²) < 4.78 is 2.80. The average molecular weight is 418 g/mol. The molecule has 0 amide bonds. The molecule has 0 saturated heterocycles. The highest BCUT2D eigenvalue weighted by Crippen LogP contribution is 2.40. The Balaban J connectivity index is 1.42. The summed E-state index contributed by atoms with van der Waals surface area (Å²) in [4.78, 5) is 0. The Morgan fingerprint density at radius 3 is 2.21 bits per heavy atom. The molecule has 29 heavy (non-hydrogen) atoms. The van der Waals surface area contributed by atoms with Crippen molar-refractivity contribution in [3.05, 3.63) is 53.9 Å². The summed E-state index contributed by atoms with van der Waals surface area (Å²) in [7, 11) is 0. The fraction of sp³-hybridized carbons (Fsp3) is 0.308. The predicted molar refractivity (Wildman–Crippen MR) is 134 cm³/mol. The van der Waals surface area contributed by atoms with Gasteiger partial charge in [0.05, 0.1) is 5.00 Å². The highest BCUT2D eigenvalue weighted by Gasteiger charge is 2.10. The van der Waals surface area contributed by atoms with Gasteiger partial charge >= 0.3 is 0 Å². The molecule has 1 nitrogen and oxygen atoms in total. The lowest BCUT2D eigenvalue weighted by molar-refractivity contribution is 0.617. The van der Waals surface area contributed by atoms with Crippen LogP contribution in [0.2, 0.25) is 0 Å². The molecule has 2 heterocycles. The van der Waals surface area contributed by atoms with Crippen molar-refractivity contribution >= 4 is 69.4 Å². The number of rotatable bonds is 8. The van der Waals surface area contributed by atoms with E-state index in [0.717, 1.165) is 6.54 Å².